The van der Waals surface area contributed by atoms with E-state index in [0.717, 1.165) is 5.82 Å². The highest BCUT2D eigenvalue weighted by Gasteiger charge is 2.07. The Kier molecular flexibility index (Phi) is 3.22. The van der Waals surface area contributed by atoms with Gasteiger partial charge in [0, 0.05) is 12.7 Å². The van der Waals surface area contributed by atoms with Crippen LogP contribution >= 0.6 is 0 Å². The summed E-state index contributed by atoms with van der Waals surface area (Å²) < 4.78 is 1.78. The number of rotatable bonds is 4. The lowest BCUT2D eigenvalue weighted by Crippen LogP contribution is -2.08. The van der Waals surface area contributed by atoms with Crippen LogP contribution in [0.2, 0.25) is 0 Å². The average Bonchev–Trinajstić information content (AvgIpc) is 2.71. The number of nitrogens with zero attached hydrogens (tertiary/aromatic N) is 4. The van der Waals surface area contributed by atoms with Gasteiger partial charge in [0.2, 0.25) is 0 Å². The third kappa shape index (κ3) is 2.62. The lowest BCUT2D eigenvalue weighted by Gasteiger charge is -2.07. The number of aromatic carboxylic acids is 1. The molecule has 0 aromatic carbocycles. The van der Waals surface area contributed by atoms with E-state index in [2.05, 4.69) is 20.5 Å². The first-order chi connectivity index (χ1) is 8.56. The minimum Gasteiger partial charge on any atom is -0.478 e. The first-order valence-corrected chi connectivity index (χ1v) is 5.35. The molecule has 0 saturated heterocycles. The van der Waals surface area contributed by atoms with E-state index >= 15 is 0 Å². The highest BCUT2D eigenvalue weighted by molar-refractivity contribution is 5.88. The normalized spacial score (nSPS) is 10.3. The van der Waals surface area contributed by atoms with Gasteiger partial charge in [0.1, 0.15) is 12.1 Å². The van der Waals surface area contributed by atoms with Crippen LogP contribution in [0.4, 0.5) is 5.82 Å². The highest BCUT2D eigenvalue weighted by Crippen LogP contribution is 2.11. The molecule has 0 radical (unpaired) electrons. The van der Waals surface area contributed by atoms with Crippen molar-refractivity contribution in [2.75, 3.05) is 5.32 Å². The van der Waals surface area contributed by atoms with Gasteiger partial charge in [-0.05, 0) is 19.1 Å². The maximum atomic E-state index is 10.9. The van der Waals surface area contributed by atoms with E-state index in [9.17, 15) is 4.79 Å². The van der Waals surface area contributed by atoms with Crippen LogP contribution in [-0.4, -0.2) is 30.8 Å². The molecule has 7 heteroatoms. The molecule has 7 nitrogen and oxygen atoms in total. The molecule has 94 valence electrons. The number of carbonyl (C=O) groups is 1. The summed E-state index contributed by atoms with van der Waals surface area (Å²) in [6.45, 7) is 2.19. The summed E-state index contributed by atoms with van der Waals surface area (Å²) in [6, 6.07) is 3.02. The van der Waals surface area contributed by atoms with Crippen molar-refractivity contribution in [2.45, 2.75) is 13.5 Å². The summed E-state index contributed by atoms with van der Waals surface area (Å²) in [6.07, 6.45) is 1.60. The van der Waals surface area contributed by atoms with E-state index in [-0.39, 0.29) is 5.56 Å². The van der Waals surface area contributed by atoms with E-state index in [1.165, 1.54) is 12.1 Å². The molecule has 2 N–H and O–H groups in total. The van der Waals surface area contributed by atoms with E-state index in [4.69, 9.17) is 5.11 Å². The van der Waals surface area contributed by atoms with Gasteiger partial charge >= 0.3 is 5.97 Å². The predicted molar refractivity (Wildman–Crippen MR) is 64.3 cm³/mol. The Bertz CT molecular complexity index is 579. The molecule has 0 fully saturated rings. The Hall–Kier alpha value is -2.44. The van der Waals surface area contributed by atoms with E-state index in [1.54, 1.807) is 17.8 Å². The summed E-state index contributed by atoms with van der Waals surface area (Å²) in [5.74, 6) is 0.285. The Morgan fingerprint density at radius 1 is 1.50 bits per heavy atom. The Labute approximate surface area is 104 Å². The molecule has 0 spiro atoms. The maximum Gasteiger partial charge on any atom is 0.335 e. The minimum atomic E-state index is -0.970. The topological polar surface area (TPSA) is 92.9 Å². The molecule has 2 aromatic rings. The third-order valence-corrected chi connectivity index (χ3v) is 2.43. The first kappa shape index (κ1) is 12.0. The number of anilines is 1. The SMILES string of the molecule is Cc1cc(C(=O)O)cc(NCc2nncn2C)n1. The van der Waals surface area contributed by atoms with Crippen molar-refractivity contribution in [3.63, 3.8) is 0 Å². The van der Waals surface area contributed by atoms with Gasteiger partial charge in [-0.15, -0.1) is 10.2 Å². The minimum absolute atomic E-state index is 0.211. The van der Waals surface area contributed by atoms with E-state index in [1.807, 2.05) is 7.05 Å². The molecular weight excluding hydrogens is 234 g/mol. The number of nitrogens with one attached hydrogen (secondary N) is 1. The summed E-state index contributed by atoms with van der Waals surface area (Å²) in [5, 5.41) is 19.6. The molecular formula is C11H13N5O2. The Morgan fingerprint density at radius 3 is 2.89 bits per heavy atom. The lowest BCUT2D eigenvalue weighted by atomic mass is 10.2. The standard InChI is InChI=1S/C11H13N5O2/c1-7-3-8(11(17)18)4-9(14-7)12-5-10-15-13-6-16(10)2/h3-4,6H,5H2,1-2H3,(H,12,14)(H,17,18). The second-order valence-electron chi connectivity index (χ2n) is 3.90. The molecule has 2 heterocycles. The van der Waals surface area contributed by atoms with Gasteiger partial charge in [-0.1, -0.05) is 0 Å². The summed E-state index contributed by atoms with van der Waals surface area (Å²) in [7, 11) is 1.84. The summed E-state index contributed by atoms with van der Waals surface area (Å²) in [5.41, 5.74) is 0.860. The number of carboxylic acids is 1. The number of aryl methyl sites for hydroxylation is 2. The third-order valence-electron chi connectivity index (χ3n) is 2.43. The van der Waals surface area contributed by atoms with Crippen molar-refractivity contribution in [3.8, 4) is 0 Å². The van der Waals surface area contributed by atoms with Crippen LogP contribution < -0.4 is 5.32 Å². The lowest BCUT2D eigenvalue weighted by molar-refractivity contribution is 0.0696. The van der Waals surface area contributed by atoms with Crippen molar-refractivity contribution in [3.05, 3.63) is 35.5 Å². The second-order valence-corrected chi connectivity index (χ2v) is 3.90. The van der Waals surface area contributed by atoms with Gasteiger partial charge in [-0.3, -0.25) is 0 Å². The Balaban J connectivity index is 2.14. The van der Waals surface area contributed by atoms with Gasteiger partial charge in [-0.2, -0.15) is 0 Å². The zero-order valence-corrected chi connectivity index (χ0v) is 10.1. The van der Waals surface area contributed by atoms with Crippen molar-refractivity contribution < 1.29 is 9.90 Å². The van der Waals surface area contributed by atoms with Gasteiger partial charge in [0.05, 0.1) is 12.1 Å². The first-order valence-electron chi connectivity index (χ1n) is 5.35. The fraction of sp³-hybridized carbons (Fsp3) is 0.273. The highest BCUT2D eigenvalue weighted by atomic mass is 16.4. The fourth-order valence-electron chi connectivity index (χ4n) is 1.52. The van der Waals surface area contributed by atoms with Crippen molar-refractivity contribution in [1.29, 1.82) is 0 Å². The van der Waals surface area contributed by atoms with Crippen LogP contribution in [0.5, 0.6) is 0 Å². The molecule has 0 aliphatic heterocycles. The van der Waals surface area contributed by atoms with Gasteiger partial charge < -0.3 is 15.0 Å². The molecule has 0 amide bonds. The largest absolute Gasteiger partial charge is 0.478 e. The van der Waals surface area contributed by atoms with Crippen molar-refractivity contribution >= 4 is 11.8 Å². The van der Waals surface area contributed by atoms with Crippen LogP contribution in [0.25, 0.3) is 0 Å². The number of hydrogen-bond donors (Lipinski definition) is 2. The number of pyridine rings is 1. The van der Waals surface area contributed by atoms with Crippen LogP contribution in [-0.2, 0) is 13.6 Å². The molecule has 0 aliphatic rings. The second kappa shape index (κ2) is 4.82. The molecule has 2 aromatic heterocycles. The molecule has 0 bridgehead atoms. The zero-order chi connectivity index (χ0) is 13.1. The van der Waals surface area contributed by atoms with Crippen molar-refractivity contribution in [1.82, 2.24) is 19.7 Å². The molecule has 0 saturated carbocycles. The van der Waals surface area contributed by atoms with Crippen LogP contribution in [0.15, 0.2) is 18.5 Å². The van der Waals surface area contributed by atoms with Crippen molar-refractivity contribution in [2.24, 2.45) is 7.05 Å². The average molecular weight is 247 g/mol. The molecule has 0 aliphatic carbocycles. The number of carboxylic acid groups (broad SMARTS) is 1. The number of hydrogen-bond acceptors (Lipinski definition) is 5. The molecule has 0 atom stereocenters. The Morgan fingerprint density at radius 2 is 2.28 bits per heavy atom. The molecule has 18 heavy (non-hydrogen) atoms. The van der Waals surface area contributed by atoms with Crippen LogP contribution in [0.3, 0.4) is 0 Å². The van der Waals surface area contributed by atoms with Gasteiger partial charge in [-0.25, -0.2) is 9.78 Å². The monoisotopic (exact) mass is 247 g/mol. The van der Waals surface area contributed by atoms with E-state index in [0.29, 0.717) is 18.1 Å². The van der Waals surface area contributed by atoms with E-state index < -0.39 is 5.97 Å². The summed E-state index contributed by atoms with van der Waals surface area (Å²) >= 11 is 0. The number of aromatic nitrogens is 4. The molecule has 0 unspecified atom stereocenters. The van der Waals surface area contributed by atoms with Gasteiger partial charge in [0.15, 0.2) is 5.82 Å². The predicted octanol–water partition coefficient (Wildman–Crippen LogP) is 0.829. The smallest absolute Gasteiger partial charge is 0.335 e. The van der Waals surface area contributed by atoms with Crippen LogP contribution in [0.1, 0.15) is 21.9 Å². The van der Waals surface area contributed by atoms with Gasteiger partial charge in [0.25, 0.3) is 0 Å². The maximum absolute atomic E-state index is 10.9. The zero-order valence-electron chi connectivity index (χ0n) is 10.1. The summed E-state index contributed by atoms with van der Waals surface area (Å²) in [4.78, 5) is 15.1. The molecule has 2 rings (SSSR count). The quantitative estimate of drug-likeness (QED) is 0.831. The van der Waals surface area contributed by atoms with Crippen LogP contribution in [0, 0.1) is 6.92 Å². The fourth-order valence-corrected chi connectivity index (χ4v) is 1.52.